The van der Waals surface area contributed by atoms with Crippen molar-refractivity contribution in [1.82, 2.24) is 29.9 Å². The number of aromatic nitrogens is 6. The lowest BCUT2D eigenvalue weighted by molar-refractivity contribution is 1.18. The second-order valence-electron chi connectivity index (χ2n) is 13.2. The van der Waals surface area contributed by atoms with E-state index in [1.54, 1.807) is 18.2 Å². The zero-order valence-corrected chi connectivity index (χ0v) is 36.5. The number of hydrogen-bond donors (Lipinski definition) is 0. The monoisotopic (exact) mass is 924 g/mol. The Bertz CT molecular complexity index is 2700. The summed E-state index contributed by atoms with van der Waals surface area (Å²) in [4.78, 5) is 26.7. The van der Waals surface area contributed by atoms with Crippen molar-refractivity contribution in [3.63, 3.8) is 0 Å². The minimum absolute atomic E-state index is 0.411. The van der Waals surface area contributed by atoms with Crippen molar-refractivity contribution < 1.29 is 0 Å². The normalized spacial score (nSPS) is 10.5. The quantitative estimate of drug-likeness (QED) is 0.155. The van der Waals surface area contributed by atoms with Crippen molar-refractivity contribution in [1.29, 1.82) is 0 Å². The van der Waals surface area contributed by atoms with Gasteiger partial charge in [-0.3, -0.25) is 0 Å². The maximum Gasteiger partial charge on any atom is 0.161 e. The smallest absolute Gasteiger partial charge is 0.161 e. The van der Waals surface area contributed by atoms with E-state index in [2.05, 4.69) is 51.9 Å². The van der Waals surface area contributed by atoms with Gasteiger partial charge in [-0.25, -0.2) is 29.9 Å². The van der Waals surface area contributed by atoms with Crippen LogP contribution >= 0.6 is 62.3 Å². The van der Waals surface area contributed by atoms with E-state index in [1.807, 2.05) is 165 Å². The summed E-state index contributed by atoms with van der Waals surface area (Å²) in [6, 6.07) is 58.4. The van der Waals surface area contributed by atoms with Gasteiger partial charge in [-0.2, -0.15) is 0 Å². The molecule has 0 unspecified atom stereocenters. The van der Waals surface area contributed by atoms with Crippen molar-refractivity contribution >= 4 is 62.3 Å². The maximum atomic E-state index is 6.14. The predicted molar refractivity (Wildman–Crippen MR) is 251 cm³/mol. The van der Waals surface area contributed by atoms with Crippen LogP contribution in [0.25, 0.3) is 67.9 Å². The van der Waals surface area contributed by atoms with Gasteiger partial charge in [0.15, 0.2) is 17.5 Å². The number of rotatable bonds is 6. The summed E-state index contributed by atoms with van der Waals surface area (Å²) < 4.78 is 1.02. The molecule has 0 N–H and O–H groups in total. The van der Waals surface area contributed by atoms with Gasteiger partial charge in [0, 0.05) is 61.1 Å². The first-order chi connectivity index (χ1) is 29.2. The Morgan fingerprint density at radius 1 is 0.333 bits per heavy atom. The molecule has 11 heteroatoms. The summed E-state index contributed by atoms with van der Waals surface area (Å²) in [5, 5.41) is 1.95. The van der Waals surface area contributed by atoms with Gasteiger partial charge in [0.05, 0.1) is 17.1 Å². The van der Waals surface area contributed by atoms with Crippen LogP contribution in [-0.2, 0) is 0 Å². The van der Waals surface area contributed by atoms with Crippen LogP contribution in [0.2, 0.25) is 20.5 Å². The lowest BCUT2D eigenvalue weighted by atomic mass is 10.1. The molecule has 3 heterocycles. The standard InChI is InChI=1S/C17H13ClN2.C16H10BrClN2.C16H10Cl2N2/c1-12-6-5-9-14(10-12)17-19-15(11-16(18)20-17)13-7-3-2-4-8-13;17-13-8-6-12(7-9-13)16-19-14(10-15(18)20-16)11-4-2-1-3-5-11;17-13-8-4-7-12(9-13)16-19-14(10-15(18)20-16)11-5-2-1-3-6-11/h2-11H,1H3;2*1-10H. The van der Waals surface area contributed by atoms with Gasteiger partial charge in [-0.05, 0) is 37.3 Å². The van der Waals surface area contributed by atoms with E-state index in [-0.39, 0.29) is 0 Å². The van der Waals surface area contributed by atoms with Crippen LogP contribution in [0.3, 0.4) is 0 Å². The molecule has 0 aliphatic carbocycles. The van der Waals surface area contributed by atoms with E-state index in [0.29, 0.717) is 38.0 Å². The maximum absolute atomic E-state index is 6.14. The van der Waals surface area contributed by atoms with Crippen molar-refractivity contribution in [3.8, 4) is 67.9 Å². The lowest BCUT2D eigenvalue weighted by Crippen LogP contribution is -1.93. The van der Waals surface area contributed by atoms with Crippen LogP contribution in [0.5, 0.6) is 0 Å². The predicted octanol–water partition coefficient (Wildman–Crippen LogP) is 15.1. The minimum atomic E-state index is 0.411. The summed E-state index contributed by atoms with van der Waals surface area (Å²) in [6.45, 7) is 2.05. The Hall–Kier alpha value is -5.80. The fraction of sp³-hybridized carbons (Fsp3) is 0.0204. The van der Waals surface area contributed by atoms with E-state index in [9.17, 15) is 0 Å². The summed E-state index contributed by atoms with van der Waals surface area (Å²) in [5.41, 5.74) is 9.44. The second-order valence-corrected chi connectivity index (χ2v) is 15.7. The third-order valence-electron chi connectivity index (χ3n) is 8.75. The van der Waals surface area contributed by atoms with Crippen molar-refractivity contribution in [2.45, 2.75) is 6.92 Å². The Morgan fingerprint density at radius 2 is 0.700 bits per heavy atom. The molecule has 0 amide bonds. The molecule has 3 aromatic heterocycles. The van der Waals surface area contributed by atoms with Crippen molar-refractivity contribution in [2.75, 3.05) is 0 Å². The highest BCUT2D eigenvalue weighted by atomic mass is 79.9. The molecule has 0 aliphatic rings. The van der Waals surface area contributed by atoms with Crippen LogP contribution in [0, 0.1) is 6.92 Å². The van der Waals surface area contributed by atoms with Crippen molar-refractivity contribution in [3.05, 3.63) is 213 Å². The van der Waals surface area contributed by atoms with Gasteiger partial charge >= 0.3 is 0 Å². The van der Waals surface area contributed by atoms with E-state index in [0.717, 1.165) is 54.9 Å². The Morgan fingerprint density at radius 3 is 1.10 bits per heavy atom. The van der Waals surface area contributed by atoms with E-state index >= 15 is 0 Å². The topological polar surface area (TPSA) is 77.3 Å². The molecule has 60 heavy (non-hydrogen) atoms. The number of benzene rings is 6. The molecule has 9 aromatic rings. The molecular weight excluding hydrogens is 894 g/mol. The molecule has 0 saturated carbocycles. The number of aryl methyl sites for hydroxylation is 1. The summed E-state index contributed by atoms with van der Waals surface area (Å²) in [5.74, 6) is 1.85. The Balaban J connectivity index is 0.000000136. The van der Waals surface area contributed by atoms with Gasteiger partial charge in [-0.15, -0.1) is 0 Å². The first-order valence-electron chi connectivity index (χ1n) is 18.6. The zero-order chi connectivity index (χ0) is 41.8. The first-order valence-corrected chi connectivity index (χ1v) is 20.9. The molecule has 0 radical (unpaired) electrons. The molecule has 0 bridgehead atoms. The second kappa shape index (κ2) is 20.4. The Labute approximate surface area is 377 Å². The minimum Gasteiger partial charge on any atom is -0.228 e. The van der Waals surface area contributed by atoms with Gasteiger partial charge < -0.3 is 0 Å². The van der Waals surface area contributed by atoms with E-state index in [4.69, 9.17) is 46.4 Å². The van der Waals surface area contributed by atoms with Crippen LogP contribution in [0.1, 0.15) is 5.56 Å². The van der Waals surface area contributed by atoms with Crippen molar-refractivity contribution in [2.24, 2.45) is 0 Å². The number of nitrogens with zero attached hydrogens (tertiary/aromatic N) is 6. The lowest BCUT2D eigenvalue weighted by Gasteiger charge is -2.06. The molecule has 6 nitrogen and oxygen atoms in total. The SMILES string of the molecule is Cc1cccc(-c2nc(Cl)cc(-c3ccccc3)n2)c1.Clc1cc(-c2ccccc2)nc(-c2ccc(Br)cc2)n1.Clc1cccc(-c2nc(Cl)cc(-c3ccccc3)n2)c1. The van der Waals surface area contributed by atoms with Crippen LogP contribution in [0.4, 0.5) is 0 Å². The summed E-state index contributed by atoms with van der Waals surface area (Å²) >= 11 is 27.8. The van der Waals surface area contributed by atoms with Gasteiger partial charge in [0.1, 0.15) is 15.5 Å². The third kappa shape index (κ3) is 11.7. The molecule has 0 aliphatic heterocycles. The zero-order valence-electron chi connectivity index (χ0n) is 31.9. The highest BCUT2D eigenvalue weighted by Crippen LogP contribution is 2.28. The fourth-order valence-corrected chi connectivity index (χ4v) is 6.93. The molecule has 9 rings (SSSR count). The highest BCUT2D eigenvalue weighted by Gasteiger charge is 2.10. The largest absolute Gasteiger partial charge is 0.228 e. The van der Waals surface area contributed by atoms with Crippen LogP contribution in [0.15, 0.2) is 186 Å². The summed E-state index contributed by atoms with van der Waals surface area (Å²) in [7, 11) is 0. The first kappa shape index (κ1) is 42.3. The van der Waals surface area contributed by atoms with Gasteiger partial charge in [-0.1, -0.05) is 201 Å². The average Bonchev–Trinajstić information content (AvgIpc) is 3.27. The molecule has 6 aromatic carbocycles. The van der Waals surface area contributed by atoms with Gasteiger partial charge in [0.25, 0.3) is 0 Å². The molecular formula is C49H33BrCl4N6. The molecule has 0 atom stereocenters. The molecule has 294 valence electrons. The average molecular weight is 928 g/mol. The molecule has 0 spiro atoms. The molecule has 0 fully saturated rings. The van der Waals surface area contributed by atoms with E-state index < -0.39 is 0 Å². The summed E-state index contributed by atoms with van der Waals surface area (Å²) in [6.07, 6.45) is 0. The van der Waals surface area contributed by atoms with Crippen LogP contribution in [-0.4, -0.2) is 29.9 Å². The number of halogens is 5. The van der Waals surface area contributed by atoms with Gasteiger partial charge in [0.2, 0.25) is 0 Å². The van der Waals surface area contributed by atoms with Crippen LogP contribution < -0.4 is 0 Å². The molecule has 0 saturated heterocycles. The highest BCUT2D eigenvalue weighted by molar-refractivity contribution is 9.10. The third-order valence-corrected chi connectivity index (χ3v) is 10.1. The number of hydrogen-bond acceptors (Lipinski definition) is 6. The Kier molecular flexibility index (Phi) is 14.4. The fourth-order valence-electron chi connectivity index (χ4n) is 5.92. The van der Waals surface area contributed by atoms with E-state index in [1.165, 1.54) is 5.56 Å².